The van der Waals surface area contributed by atoms with E-state index in [1.807, 2.05) is 4.90 Å². The van der Waals surface area contributed by atoms with Crippen LogP contribution in [0.5, 0.6) is 0 Å². The van der Waals surface area contributed by atoms with Crippen molar-refractivity contribution in [1.29, 1.82) is 0 Å². The lowest BCUT2D eigenvalue weighted by atomic mass is 9.85. The molecule has 0 bridgehead atoms. The normalized spacial score (nSPS) is 30.8. The van der Waals surface area contributed by atoms with E-state index in [1.54, 1.807) is 0 Å². The van der Waals surface area contributed by atoms with Gasteiger partial charge in [0.15, 0.2) is 0 Å². The summed E-state index contributed by atoms with van der Waals surface area (Å²) in [6.07, 6.45) is 6.19. The highest BCUT2D eigenvalue weighted by Crippen LogP contribution is 2.38. The molecule has 2 aliphatic rings. The number of amides is 1. The van der Waals surface area contributed by atoms with E-state index in [2.05, 4.69) is 33.0 Å². The van der Waals surface area contributed by atoms with E-state index >= 15 is 0 Å². The summed E-state index contributed by atoms with van der Waals surface area (Å²) in [5.74, 6) is 0.298. The molecule has 1 saturated carbocycles. The lowest BCUT2D eigenvalue weighted by molar-refractivity contribution is -0.134. The maximum atomic E-state index is 12.3. The van der Waals surface area contributed by atoms with Crippen molar-refractivity contribution in [2.24, 2.45) is 10.8 Å². The van der Waals surface area contributed by atoms with Gasteiger partial charge in [-0.1, -0.05) is 34.1 Å². The number of rotatable bonds is 4. The summed E-state index contributed by atoms with van der Waals surface area (Å²) in [5, 5.41) is 13.4. The van der Waals surface area contributed by atoms with Gasteiger partial charge < -0.3 is 15.3 Å². The zero-order valence-corrected chi connectivity index (χ0v) is 14.8. The lowest BCUT2D eigenvalue weighted by Gasteiger charge is -2.38. The van der Waals surface area contributed by atoms with Gasteiger partial charge in [-0.3, -0.25) is 4.79 Å². The van der Waals surface area contributed by atoms with Gasteiger partial charge >= 0.3 is 0 Å². The van der Waals surface area contributed by atoms with Crippen LogP contribution in [0.2, 0.25) is 0 Å². The minimum atomic E-state index is 0.0409. The van der Waals surface area contributed by atoms with E-state index in [9.17, 15) is 9.90 Å². The van der Waals surface area contributed by atoms with Crippen LogP contribution in [0.4, 0.5) is 0 Å². The van der Waals surface area contributed by atoms with Crippen LogP contribution in [0.3, 0.4) is 0 Å². The quantitative estimate of drug-likeness (QED) is 0.839. The Hall–Kier alpha value is -0.610. The molecule has 1 amide bonds. The van der Waals surface area contributed by atoms with Gasteiger partial charge in [0.1, 0.15) is 0 Å². The highest BCUT2D eigenvalue weighted by atomic mass is 16.3. The highest BCUT2D eigenvalue weighted by Gasteiger charge is 2.39. The van der Waals surface area contributed by atoms with E-state index in [1.165, 1.54) is 12.8 Å². The molecule has 2 atom stereocenters. The second-order valence-electron chi connectivity index (χ2n) is 8.82. The average Bonchev–Trinajstić information content (AvgIpc) is 2.80. The fourth-order valence-corrected chi connectivity index (χ4v) is 3.85. The van der Waals surface area contributed by atoms with Crippen molar-refractivity contribution in [2.75, 3.05) is 19.7 Å². The summed E-state index contributed by atoms with van der Waals surface area (Å²) in [4.78, 5) is 14.3. The Kier molecular flexibility index (Phi) is 5.54. The van der Waals surface area contributed by atoms with Crippen molar-refractivity contribution in [1.82, 2.24) is 10.2 Å². The molecule has 0 spiro atoms. The molecule has 1 saturated heterocycles. The summed E-state index contributed by atoms with van der Waals surface area (Å²) in [7, 11) is 0. The van der Waals surface area contributed by atoms with Crippen LogP contribution in [-0.4, -0.2) is 47.7 Å². The molecule has 0 aromatic rings. The number of nitrogens with one attached hydrogen (secondary N) is 1. The van der Waals surface area contributed by atoms with Gasteiger partial charge in [0, 0.05) is 43.6 Å². The molecule has 22 heavy (non-hydrogen) atoms. The Morgan fingerprint density at radius 1 is 1.27 bits per heavy atom. The Bertz CT molecular complexity index is 383. The van der Waals surface area contributed by atoms with Crippen LogP contribution in [0, 0.1) is 10.8 Å². The number of nitrogens with zero attached hydrogens (tertiary/aromatic N) is 1. The number of carbonyl (C=O) groups excluding carboxylic acids is 1. The number of aliphatic hydroxyl groups excluding tert-OH is 1. The first-order chi connectivity index (χ1) is 10.2. The maximum Gasteiger partial charge on any atom is 0.223 e. The molecule has 0 radical (unpaired) electrons. The number of hydrogen-bond acceptors (Lipinski definition) is 3. The van der Waals surface area contributed by atoms with Crippen molar-refractivity contribution in [2.45, 2.75) is 78.3 Å². The van der Waals surface area contributed by atoms with E-state index in [0.717, 1.165) is 32.4 Å². The summed E-state index contributed by atoms with van der Waals surface area (Å²) < 4.78 is 0. The number of carbonyl (C=O) groups is 1. The maximum absolute atomic E-state index is 12.3. The molecule has 0 unspecified atom stereocenters. The molecule has 1 aliphatic carbocycles. The topological polar surface area (TPSA) is 52.6 Å². The molecule has 0 aromatic carbocycles. The van der Waals surface area contributed by atoms with Crippen LogP contribution in [0.15, 0.2) is 0 Å². The predicted octanol–water partition coefficient (Wildman–Crippen LogP) is 2.55. The summed E-state index contributed by atoms with van der Waals surface area (Å²) in [6, 6.07) is 0.923. The van der Waals surface area contributed by atoms with Gasteiger partial charge in [-0.05, 0) is 31.1 Å². The van der Waals surface area contributed by atoms with Crippen molar-refractivity contribution in [3.05, 3.63) is 0 Å². The monoisotopic (exact) mass is 310 g/mol. The molecule has 4 nitrogen and oxygen atoms in total. The number of likely N-dealkylation sites (tertiary alicyclic amines) is 1. The van der Waals surface area contributed by atoms with E-state index in [4.69, 9.17) is 0 Å². The minimum absolute atomic E-state index is 0.0409. The molecule has 1 aliphatic heterocycles. The SMILES string of the molecule is CC(C)(C)CC(=O)N1CCC(N[C@H]2CCC[C@@]2(C)CO)CC1. The molecule has 4 heteroatoms. The largest absolute Gasteiger partial charge is 0.396 e. The van der Waals surface area contributed by atoms with E-state index in [0.29, 0.717) is 24.4 Å². The van der Waals surface area contributed by atoms with Gasteiger partial charge in [-0.25, -0.2) is 0 Å². The van der Waals surface area contributed by atoms with Gasteiger partial charge in [-0.2, -0.15) is 0 Å². The van der Waals surface area contributed by atoms with Crippen molar-refractivity contribution in [3.8, 4) is 0 Å². The molecule has 2 fully saturated rings. The van der Waals surface area contributed by atoms with E-state index < -0.39 is 0 Å². The third-order valence-electron chi connectivity index (χ3n) is 5.41. The Morgan fingerprint density at radius 2 is 1.91 bits per heavy atom. The third-order valence-corrected chi connectivity index (χ3v) is 5.41. The Labute approximate surface area is 135 Å². The Balaban J connectivity index is 1.79. The number of aliphatic hydroxyl groups is 1. The van der Waals surface area contributed by atoms with Crippen LogP contribution in [0.25, 0.3) is 0 Å². The van der Waals surface area contributed by atoms with Crippen LogP contribution in [-0.2, 0) is 4.79 Å². The van der Waals surface area contributed by atoms with E-state index in [-0.39, 0.29) is 17.4 Å². The average molecular weight is 310 g/mol. The molecular weight excluding hydrogens is 276 g/mol. The lowest BCUT2D eigenvalue weighted by Crippen LogP contribution is -2.51. The third kappa shape index (κ3) is 4.45. The standard InChI is InChI=1S/C18H34N2O2/c1-17(2,3)12-16(22)20-10-7-14(8-11-20)19-15-6-5-9-18(15,4)13-21/h14-15,19,21H,5-13H2,1-4H3/t15-,18-/m0/s1. The zero-order chi connectivity index (χ0) is 16.4. The van der Waals surface area contributed by atoms with Crippen LogP contribution >= 0.6 is 0 Å². The molecule has 1 heterocycles. The number of hydrogen-bond donors (Lipinski definition) is 2. The van der Waals surface area contributed by atoms with Crippen molar-refractivity contribution >= 4 is 5.91 Å². The first kappa shape index (κ1) is 17.7. The molecule has 128 valence electrons. The Morgan fingerprint density at radius 3 is 2.45 bits per heavy atom. The van der Waals surface area contributed by atoms with Gasteiger partial charge in [0.05, 0.1) is 0 Å². The molecular formula is C18H34N2O2. The molecule has 2 N–H and O–H groups in total. The summed E-state index contributed by atoms with van der Waals surface area (Å²) >= 11 is 0. The van der Waals surface area contributed by atoms with Crippen LogP contribution < -0.4 is 5.32 Å². The summed E-state index contributed by atoms with van der Waals surface area (Å²) in [5.41, 5.74) is 0.109. The first-order valence-electron chi connectivity index (χ1n) is 8.88. The van der Waals surface area contributed by atoms with Crippen molar-refractivity contribution < 1.29 is 9.90 Å². The fourth-order valence-electron chi connectivity index (χ4n) is 3.85. The van der Waals surface area contributed by atoms with Gasteiger partial charge in [-0.15, -0.1) is 0 Å². The van der Waals surface area contributed by atoms with Gasteiger partial charge in [0.25, 0.3) is 0 Å². The first-order valence-corrected chi connectivity index (χ1v) is 8.88. The smallest absolute Gasteiger partial charge is 0.223 e. The van der Waals surface area contributed by atoms with Gasteiger partial charge in [0.2, 0.25) is 5.91 Å². The van der Waals surface area contributed by atoms with Crippen molar-refractivity contribution in [3.63, 3.8) is 0 Å². The summed E-state index contributed by atoms with van der Waals surface area (Å²) in [6.45, 7) is 10.6. The predicted molar refractivity (Wildman–Crippen MR) is 89.6 cm³/mol. The second kappa shape index (κ2) is 6.88. The highest BCUT2D eigenvalue weighted by molar-refractivity contribution is 5.76. The minimum Gasteiger partial charge on any atom is -0.396 e. The molecule has 0 aromatic heterocycles. The zero-order valence-electron chi connectivity index (χ0n) is 14.8. The fraction of sp³-hybridized carbons (Fsp3) is 0.944. The number of piperidine rings is 1. The van der Waals surface area contributed by atoms with Crippen LogP contribution in [0.1, 0.15) is 66.2 Å². The molecule has 2 rings (SSSR count). The second-order valence-corrected chi connectivity index (χ2v) is 8.82.